The summed E-state index contributed by atoms with van der Waals surface area (Å²) in [6, 6.07) is 0.761. The molecule has 0 aromatic rings. The third kappa shape index (κ3) is 2.96. The van der Waals surface area contributed by atoms with Gasteiger partial charge in [-0.1, -0.05) is 32.1 Å². The van der Waals surface area contributed by atoms with Crippen LogP contribution in [0, 0.1) is 5.92 Å². The minimum Gasteiger partial charge on any atom is -0.314 e. The van der Waals surface area contributed by atoms with Crippen molar-refractivity contribution in [3.05, 3.63) is 0 Å². The van der Waals surface area contributed by atoms with Crippen LogP contribution in [0.25, 0.3) is 0 Å². The molecule has 0 bridgehead atoms. The molecular formula is C11H22N2. The molecule has 2 heteroatoms. The van der Waals surface area contributed by atoms with Gasteiger partial charge < -0.3 is 10.6 Å². The minimum atomic E-state index is 0.761. The smallest absolute Gasteiger partial charge is 0.0195 e. The quantitative estimate of drug-likeness (QED) is 0.676. The van der Waals surface area contributed by atoms with Gasteiger partial charge in [0.25, 0.3) is 0 Å². The maximum atomic E-state index is 3.60. The summed E-state index contributed by atoms with van der Waals surface area (Å²) >= 11 is 0. The molecule has 2 N–H and O–H groups in total. The SMILES string of the molecule is C1CCC(CC2CNCCN2)CC1. The lowest BCUT2D eigenvalue weighted by atomic mass is 9.84. The number of rotatable bonds is 2. The van der Waals surface area contributed by atoms with Crippen LogP contribution >= 0.6 is 0 Å². The first kappa shape index (κ1) is 9.47. The minimum absolute atomic E-state index is 0.761. The van der Waals surface area contributed by atoms with Gasteiger partial charge in [0.2, 0.25) is 0 Å². The summed E-state index contributed by atoms with van der Waals surface area (Å²) in [6.07, 6.45) is 8.81. The number of hydrogen-bond acceptors (Lipinski definition) is 2. The highest BCUT2D eigenvalue weighted by Gasteiger charge is 2.19. The van der Waals surface area contributed by atoms with E-state index < -0.39 is 0 Å². The van der Waals surface area contributed by atoms with Crippen molar-refractivity contribution in [2.45, 2.75) is 44.6 Å². The molecule has 0 aromatic carbocycles. The Morgan fingerprint density at radius 2 is 1.85 bits per heavy atom. The summed E-state index contributed by atoms with van der Waals surface area (Å²) in [5.41, 5.74) is 0. The second kappa shape index (κ2) is 4.97. The van der Waals surface area contributed by atoms with Gasteiger partial charge in [0, 0.05) is 25.7 Å². The lowest BCUT2D eigenvalue weighted by Crippen LogP contribution is -2.49. The number of hydrogen-bond donors (Lipinski definition) is 2. The summed E-state index contributed by atoms with van der Waals surface area (Å²) in [5.74, 6) is 1.02. The van der Waals surface area contributed by atoms with E-state index >= 15 is 0 Å². The van der Waals surface area contributed by atoms with Crippen LogP contribution in [-0.2, 0) is 0 Å². The van der Waals surface area contributed by atoms with Gasteiger partial charge in [-0.25, -0.2) is 0 Å². The molecule has 76 valence electrons. The highest BCUT2D eigenvalue weighted by Crippen LogP contribution is 2.27. The molecule has 2 aliphatic rings. The lowest BCUT2D eigenvalue weighted by Gasteiger charge is -2.30. The molecule has 13 heavy (non-hydrogen) atoms. The number of piperazine rings is 1. The van der Waals surface area contributed by atoms with Gasteiger partial charge in [-0.15, -0.1) is 0 Å². The summed E-state index contributed by atoms with van der Waals surface area (Å²) in [6.45, 7) is 3.51. The van der Waals surface area contributed by atoms with Gasteiger partial charge in [-0.3, -0.25) is 0 Å². The Bertz CT molecular complexity index is 119. The van der Waals surface area contributed by atoms with Gasteiger partial charge in [-0.2, -0.15) is 0 Å². The first-order valence-electron chi connectivity index (χ1n) is 5.89. The lowest BCUT2D eigenvalue weighted by molar-refractivity contribution is 0.280. The van der Waals surface area contributed by atoms with Crippen molar-refractivity contribution in [3.8, 4) is 0 Å². The molecule has 0 radical (unpaired) electrons. The van der Waals surface area contributed by atoms with Crippen LogP contribution in [0.3, 0.4) is 0 Å². The summed E-state index contributed by atoms with van der Waals surface area (Å²) < 4.78 is 0. The van der Waals surface area contributed by atoms with Crippen LogP contribution in [0.5, 0.6) is 0 Å². The van der Waals surface area contributed by atoms with Gasteiger partial charge in [-0.05, 0) is 12.3 Å². The fraction of sp³-hybridized carbons (Fsp3) is 1.00. The highest BCUT2D eigenvalue weighted by atomic mass is 15.0. The van der Waals surface area contributed by atoms with E-state index in [0.717, 1.165) is 25.0 Å². The average molecular weight is 182 g/mol. The van der Waals surface area contributed by atoms with Gasteiger partial charge in [0.05, 0.1) is 0 Å². The van der Waals surface area contributed by atoms with Crippen LogP contribution < -0.4 is 10.6 Å². The Morgan fingerprint density at radius 1 is 1.00 bits per heavy atom. The van der Waals surface area contributed by atoms with Crippen molar-refractivity contribution in [2.24, 2.45) is 5.92 Å². The largest absolute Gasteiger partial charge is 0.314 e. The van der Waals surface area contributed by atoms with E-state index in [1.54, 1.807) is 0 Å². The fourth-order valence-corrected chi connectivity index (χ4v) is 2.71. The van der Waals surface area contributed by atoms with E-state index in [9.17, 15) is 0 Å². The van der Waals surface area contributed by atoms with Crippen molar-refractivity contribution in [3.63, 3.8) is 0 Å². The molecule has 1 aliphatic heterocycles. The molecular weight excluding hydrogens is 160 g/mol. The van der Waals surface area contributed by atoms with E-state index in [1.807, 2.05) is 0 Å². The maximum absolute atomic E-state index is 3.60. The fourth-order valence-electron chi connectivity index (χ4n) is 2.71. The average Bonchev–Trinajstić information content (AvgIpc) is 2.21. The first-order chi connectivity index (χ1) is 6.45. The second-order valence-corrected chi connectivity index (χ2v) is 4.59. The van der Waals surface area contributed by atoms with Crippen molar-refractivity contribution in [2.75, 3.05) is 19.6 Å². The summed E-state index contributed by atoms with van der Waals surface area (Å²) in [5, 5.41) is 7.07. The predicted octanol–water partition coefficient (Wildman–Crippen LogP) is 1.52. The third-order valence-electron chi connectivity index (χ3n) is 3.47. The highest BCUT2D eigenvalue weighted by molar-refractivity contribution is 4.79. The van der Waals surface area contributed by atoms with Gasteiger partial charge >= 0.3 is 0 Å². The molecule has 1 heterocycles. The Labute approximate surface area is 81.5 Å². The van der Waals surface area contributed by atoms with Gasteiger partial charge in [0.15, 0.2) is 0 Å². The molecule has 1 unspecified atom stereocenters. The Morgan fingerprint density at radius 3 is 2.54 bits per heavy atom. The van der Waals surface area contributed by atoms with Crippen LogP contribution in [0.2, 0.25) is 0 Å². The number of nitrogens with one attached hydrogen (secondary N) is 2. The van der Waals surface area contributed by atoms with Crippen molar-refractivity contribution in [1.29, 1.82) is 0 Å². The van der Waals surface area contributed by atoms with E-state index in [0.29, 0.717) is 0 Å². The van der Waals surface area contributed by atoms with Crippen LogP contribution in [-0.4, -0.2) is 25.7 Å². The third-order valence-corrected chi connectivity index (χ3v) is 3.47. The van der Waals surface area contributed by atoms with Crippen molar-refractivity contribution < 1.29 is 0 Å². The van der Waals surface area contributed by atoms with E-state index in [-0.39, 0.29) is 0 Å². The molecule has 0 amide bonds. The summed E-state index contributed by atoms with van der Waals surface area (Å²) in [4.78, 5) is 0. The topological polar surface area (TPSA) is 24.1 Å². The van der Waals surface area contributed by atoms with Crippen LogP contribution in [0.4, 0.5) is 0 Å². The molecule has 2 fully saturated rings. The van der Waals surface area contributed by atoms with E-state index in [4.69, 9.17) is 0 Å². The monoisotopic (exact) mass is 182 g/mol. The second-order valence-electron chi connectivity index (χ2n) is 4.59. The standard InChI is InChI=1S/C11H22N2/c1-2-4-10(5-3-1)8-11-9-12-6-7-13-11/h10-13H,1-9H2. The zero-order valence-corrected chi connectivity index (χ0v) is 8.52. The molecule has 1 aliphatic carbocycles. The molecule has 1 saturated heterocycles. The molecule has 2 nitrogen and oxygen atoms in total. The van der Waals surface area contributed by atoms with Crippen molar-refractivity contribution in [1.82, 2.24) is 10.6 Å². The maximum Gasteiger partial charge on any atom is 0.0195 e. The Balaban J connectivity index is 1.69. The Kier molecular flexibility index (Phi) is 3.62. The first-order valence-corrected chi connectivity index (χ1v) is 5.89. The predicted molar refractivity (Wildman–Crippen MR) is 55.9 cm³/mol. The molecule has 0 aromatic heterocycles. The zero-order chi connectivity index (χ0) is 8.93. The van der Waals surface area contributed by atoms with E-state index in [1.165, 1.54) is 45.1 Å². The van der Waals surface area contributed by atoms with Gasteiger partial charge in [0.1, 0.15) is 0 Å². The normalized spacial score (nSPS) is 31.8. The Hall–Kier alpha value is -0.0800. The molecule has 2 rings (SSSR count). The molecule has 0 spiro atoms. The van der Waals surface area contributed by atoms with Crippen LogP contribution in [0.1, 0.15) is 38.5 Å². The van der Waals surface area contributed by atoms with Crippen molar-refractivity contribution >= 4 is 0 Å². The zero-order valence-electron chi connectivity index (χ0n) is 8.52. The summed E-state index contributed by atoms with van der Waals surface area (Å²) in [7, 11) is 0. The molecule has 1 atom stereocenters. The van der Waals surface area contributed by atoms with E-state index in [2.05, 4.69) is 10.6 Å². The molecule has 1 saturated carbocycles. The van der Waals surface area contributed by atoms with Crippen LogP contribution in [0.15, 0.2) is 0 Å².